The zero-order chi connectivity index (χ0) is 15.9. The second-order valence-corrected chi connectivity index (χ2v) is 5.48. The van der Waals surface area contributed by atoms with Gasteiger partial charge in [0.25, 0.3) is 0 Å². The molecule has 0 aromatic heterocycles. The maximum atomic E-state index is 12.3. The second kappa shape index (κ2) is 8.55. The average molecular weight is 311 g/mol. The first-order valence-electron chi connectivity index (χ1n) is 7.13. The molecule has 0 bridgehead atoms. The molecule has 1 amide bonds. The lowest BCUT2D eigenvalue weighted by molar-refractivity contribution is -0.148. The number of nitrogens with zero attached hydrogens (tertiary/aromatic N) is 1. The molecule has 1 saturated heterocycles. The third-order valence-electron chi connectivity index (χ3n) is 3.64. The van der Waals surface area contributed by atoms with E-state index in [1.807, 2.05) is 0 Å². The summed E-state index contributed by atoms with van der Waals surface area (Å²) < 4.78 is 41.6. The van der Waals surface area contributed by atoms with Crippen molar-refractivity contribution >= 4 is 5.91 Å². The molecule has 0 aromatic carbocycles. The summed E-state index contributed by atoms with van der Waals surface area (Å²) in [5.74, 6) is 0.0970. The number of piperidine rings is 1. The number of rotatable bonds is 7. The first kappa shape index (κ1) is 18.2. The molecule has 1 aliphatic rings. The highest BCUT2D eigenvalue weighted by atomic mass is 19.4. The van der Waals surface area contributed by atoms with E-state index < -0.39 is 18.8 Å². The Morgan fingerprint density at radius 1 is 1.43 bits per heavy atom. The SMILES string of the molecule is COCC(N)C(=O)NCCC1CCN(CC(F)(F)F)CC1. The van der Waals surface area contributed by atoms with Crippen LogP contribution in [0, 0.1) is 5.92 Å². The summed E-state index contributed by atoms with van der Waals surface area (Å²) in [5, 5.41) is 2.73. The van der Waals surface area contributed by atoms with E-state index in [0.717, 1.165) is 19.3 Å². The van der Waals surface area contributed by atoms with Gasteiger partial charge in [0.2, 0.25) is 5.91 Å². The second-order valence-electron chi connectivity index (χ2n) is 5.48. The van der Waals surface area contributed by atoms with Crippen molar-refractivity contribution in [1.29, 1.82) is 0 Å². The van der Waals surface area contributed by atoms with Crippen LogP contribution in [0.3, 0.4) is 0 Å². The van der Waals surface area contributed by atoms with Crippen molar-refractivity contribution in [3.63, 3.8) is 0 Å². The lowest BCUT2D eigenvalue weighted by Crippen LogP contribution is -2.44. The molecule has 1 fully saturated rings. The monoisotopic (exact) mass is 311 g/mol. The van der Waals surface area contributed by atoms with Gasteiger partial charge in [0.15, 0.2) is 0 Å². The molecule has 1 aliphatic heterocycles. The topological polar surface area (TPSA) is 67.6 Å². The first-order chi connectivity index (χ1) is 9.81. The maximum Gasteiger partial charge on any atom is 0.401 e. The van der Waals surface area contributed by atoms with Crippen molar-refractivity contribution in [2.24, 2.45) is 11.7 Å². The summed E-state index contributed by atoms with van der Waals surface area (Å²) in [4.78, 5) is 13.0. The molecule has 1 atom stereocenters. The van der Waals surface area contributed by atoms with Gasteiger partial charge < -0.3 is 15.8 Å². The fourth-order valence-electron chi connectivity index (χ4n) is 2.47. The number of nitrogens with two attached hydrogens (primary N) is 1. The van der Waals surface area contributed by atoms with Crippen LogP contribution in [0.25, 0.3) is 0 Å². The molecule has 1 unspecified atom stereocenters. The van der Waals surface area contributed by atoms with Crippen molar-refractivity contribution in [3.05, 3.63) is 0 Å². The molecule has 8 heteroatoms. The zero-order valence-corrected chi connectivity index (χ0v) is 12.3. The van der Waals surface area contributed by atoms with Crippen molar-refractivity contribution in [1.82, 2.24) is 10.2 Å². The number of methoxy groups -OCH3 is 1. The Morgan fingerprint density at radius 2 is 2.05 bits per heavy atom. The number of ether oxygens (including phenoxy) is 1. The lowest BCUT2D eigenvalue weighted by Gasteiger charge is -2.32. The minimum absolute atomic E-state index is 0.168. The van der Waals surface area contributed by atoms with E-state index in [-0.39, 0.29) is 12.5 Å². The average Bonchev–Trinajstić information content (AvgIpc) is 2.39. The Morgan fingerprint density at radius 3 is 2.57 bits per heavy atom. The first-order valence-corrected chi connectivity index (χ1v) is 7.13. The summed E-state index contributed by atoms with van der Waals surface area (Å²) >= 11 is 0. The minimum atomic E-state index is -4.13. The van der Waals surface area contributed by atoms with Crippen LogP contribution in [0.4, 0.5) is 13.2 Å². The van der Waals surface area contributed by atoms with Crippen molar-refractivity contribution in [2.45, 2.75) is 31.5 Å². The quantitative estimate of drug-likeness (QED) is 0.728. The van der Waals surface area contributed by atoms with E-state index in [0.29, 0.717) is 25.6 Å². The van der Waals surface area contributed by atoms with Crippen molar-refractivity contribution in [2.75, 3.05) is 39.9 Å². The fourth-order valence-corrected chi connectivity index (χ4v) is 2.47. The van der Waals surface area contributed by atoms with Gasteiger partial charge in [-0.25, -0.2) is 0 Å². The summed E-state index contributed by atoms with van der Waals surface area (Å²) in [6.45, 7) is 0.757. The van der Waals surface area contributed by atoms with Crippen LogP contribution in [0.15, 0.2) is 0 Å². The van der Waals surface area contributed by atoms with E-state index in [9.17, 15) is 18.0 Å². The van der Waals surface area contributed by atoms with Gasteiger partial charge in [-0.2, -0.15) is 13.2 Å². The molecule has 0 aliphatic carbocycles. The maximum absolute atomic E-state index is 12.3. The number of carbonyl (C=O) groups is 1. The van der Waals surface area contributed by atoms with Crippen LogP contribution in [0.1, 0.15) is 19.3 Å². The Balaban J connectivity index is 2.15. The summed E-state index contributed by atoms with van der Waals surface area (Å²) in [6.07, 6.45) is -1.89. The fraction of sp³-hybridized carbons (Fsp3) is 0.923. The van der Waals surface area contributed by atoms with Crippen LogP contribution in [-0.2, 0) is 9.53 Å². The van der Waals surface area contributed by atoms with Gasteiger partial charge in [-0.3, -0.25) is 9.69 Å². The highest BCUT2D eigenvalue weighted by molar-refractivity contribution is 5.81. The summed E-state index contributed by atoms with van der Waals surface area (Å²) in [6, 6.07) is -0.677. The normalized spacial score (nSPS) is 19.5. The van der Waals surface area contributed by atoms with Crippen LogP contribution in [0.5, 0.6) is 0 Å². The molecule has 21 heavy (non-hydrogen) atoms. The van der Waals surface area contributed by atoms with E-state index in [4.69, 9.17) is 10.5 Å². The van der Waals surface area contributed by atoms with Crippen LogP contribution in [-0.4, -0.2) is 62.9 Å². The number of hydrogen-bond acceptors (Lipinski definition) is 4. The molecule has 1 heterocycles. The van der Waals surface area contributed by atoms with Gasteiger partial charge >= 0.3 is 6.18 Å². The highest BCUT2D eigenvalue weighted by Gasteiger charge is 2.32. The summed E-state index contributed by atoms with van der Waals surface area (Å²) in [7, 11) is 1.47. The van der Waals surface area contributed by atoms with Crippen molar-refractivity contribution < 1.29 is 22.7 Å². The number of amides is 1. The minimum Gasteiger partial charge on any atom is -0.383 e. The molecule has 0 saturated carbocycles. The molecular formula is C13H24F3N3O2. The van der Waals surface area contributed by atoms with Gasteiger partial charge in [-0.15, -0.1) is 0 Å². The van der Waals surface area contributed by atoms with E-state index in [1.165, 1.54) is 12.0 Å². The number of halogens is 3. The Labute approximate surface area is 123 Å². The van der Waals surface area contributed by atoms with Gasteiger partial charge in [0.1, 0.15) is 6.04 Å². The molecule has 3 N–H and O–H groups in total. The standard InChI is InChI=1S/C13H24F3N3O2/c1-21-8-11(17)12(20)18-5-2-10-3-6-19(7-4-10)9-13(14,15)16/h10-11H,2-9,17H2,1H3,(H,18,20). The van der Waals surface area contributed by atoms with E-state index >= 15 is 0 Å². The third-order valence-corrected chi connectivity index (χ3v) is 3.64. The predicted octanol–water partition coefficient (Wildman–Crippen LogP) is 0.741. The smallest absolute Gasteiger partial charge is 0.383 e. The molecule has 124 valence electrons. The number of carbonyl (C=O) groups excluding carboxylic acids is 1. The molecule has 5 nitrogen and oxygen atoms in total. The van der Waals surface area contributed by atoms with Gasteiger partial charge in [0, 0.05) is 13.7 Å². The highest BCUT2D eigenvalue weighted by Crippen LogP contribution is 2.23. The zero-order valence-electron chi connectivity index (χ0n) is 12.3. The predicted molar refractivity (Wildman–Crippen MR) is 72.7 cm³/mol. The number of likely N-dealkylation sites (tertiary alicyclic amines) is 1. The van der Waals surface area contributed by atoms with E-state index in [2.05, 4.69) is 5.32 Å². The van der Waals surface area contributed by atoms with Gasteiger partial charge in [-0.1, -0.05) is 0 Å². The third kappa shape index (κ3) is 7.63. The van der Waals surface area contributed by atoms with E-state index in [1.54, 1.807) is 0 Å². The Kier molecular flexibility index (Phi) is 7.41. The molecule has 1 rings (SSSR count). The molecule has 0 radical (unpaired) electrons. The Bertz CT molecular complexity index is 318. The number of nitrogens with one attached hydrogen (secondary N) is 1. The molecule has 0 spiro atoms. The molecular weight excluding hydrogens is 287 g/mol. The lowest BCUT2D eigenvalue weighted by atomic mass is 9.93. The molecule has 0 aromatic rings. The van der Waals surface area contributed by atoms with Crippen LogP contribution in [0.2, 0.25) is 0 Å². The van der Waals surface area contributed by atoms with Crippen molar-refractivity contribution in [3.8, 4) is 0 Å². The van der Waals surface area contributed by atoms with Crippen LogP contribution >= 0.6 is 0 Å². The largest absolute Gasteiger partial charge is 0.401 e. The number of alkyl halides is 3. The summed E-state index contributed by atoms with van der Waals surface area (Å²) in [5.41, 5.74) is 5.57. The van der Waals surface area contributed by atoms with Gasteiger partial charge in [-0.05, 0) is 38.3 Å². The number of hydrogen-bond donors (Lipinski definition) is 2. The Hall–Kier alpha value is -0.860. The van der Waals surface area contributed by atoms with Crippen LogP contribution < -0.4 is 11.1 Å². The van der Waals surface area contributed by atoms with Gasteiger partial charge in [0.05, 0.1) is 13.2 Å².